The van der Waals surface area contributed by atoms with Gasteiger partial charge in [0, 0.05) is 31.9 Å². The highest BCUT2D eigenvalue weighted by Crippen LogP contribution is 2.27. The number of aliphatic hydroxyl groups excluding tert-OH is 1. The van der Waals surface area contributed by atoms with Gasteiger partial charge in [-0.15, -0.1) is 10.2 Å². The van der Waals surface area contributed by atoms with Crippen molar-refractivity contribution in [1.82, 2.24) is 34.5 Å². The van der Waals surface area contributed by atoms with Crippen molar-refractivity contribution in [3.05, 3.63) is 29.9 Å². The Morgan fingerprint density at radius 2 is 2.12 bits per heavy atom. The van der Waals surface area contributed by atoms with Crippen LogP contribution in [-0.4, -0.2) is 72.9 Å². The number of nitrogens with zero attached hydrogens (tertiary/aromatic N) is 6. The first-order chi connectivity index (χ1) is 11.7. The second kappa shape index (κ2) is 7.87. The molecule has 2 aromatic rings. The van der Waals surface area contributed by atoms with Gasteiger partial charge in [-0.25, -0.2) is 4.98 Å². The highest BCUT2D eigenvalue weighted by atomic mass is 16.3. The van der Waals surface area contributed by atoms with Crippen LogP contribution in [0.5, 0.6) is 0 Å². The normalized spacial score (nSPS) is 17.0. The number of aromatic nitrogens is 5. The Bertz CT molecular complexity index is 616. The Kier molecular flexibility index (Phi) is 5.60. The molecule has 3 heterocycles. The third-order valence-corrected chi connectivity index (χ3v) is 4.77. The summed E-state index contributed by atoms with van der Waals surface area (Å²) >= 11 is 0. The second-order valence-corrected chi connectivity index (χ2v) is 6.58. The lowest BCUT2D eigenvalue weighted by Gasteiger charge is -2.30. The number of H-pyrrole nitrogens is 1. The van der Waals surface area contributed by atoms with Gasteiger partial charge < -0.3 is 14.7 Å². The Morgan fingerprint density at radius 1 is 1.33 bits per heavy atom. The Morgan fingerprint density at radius 3 is 2.79 bits per heavy atom. The third kappa shape index (κ3) is 4.00. The molecule has 3 rings (SSSR count). The molecule has 0 saturated carbocycles. The van der Waals surface area contributed by atoms with E-state index >= 15 is 0 Å². The molecular formula is C16H27N7O. The first-order valence-electron chi connectivity index (χ1n) is 8.55. The number of piperidine rings is 1. The maximum atomic E-state index is 9.01. The molecule has 8 nitrogen and oxygen atoms in total. The van der Waals surface area contributed by atoms with Gasteiger partial charge in [-0.05, 0) is 33.0 Å². The van der Waals surface area contributed by atoms with Gasteiger partial charge >= 0.3 is 0 Å². The number of likely N-dealkylation sites (N-methyl/N-ethyl adjacent to an activating group) is 1. The van der Waals surface area contributed by atoms with E-state index in [4.69, 9.17) is 5.11 Å². The van der Waals surface area contributed by atoms with Crippen LogP contribution in [0.2, 0.25) is 0 Å². The van der Waals surface area contributed by atoms with E-state index in [0.717, 1.165) is 49.9 Å². The number of hydrogen-bond acceptors (Lipinski definition) is 6. The number of likely N-dealkylation sites (tertiary alicyclic amines) is 1. The minimum atomic E-state index is 0.162. The molecule has 0 radical (unpaired) electrons. The molecule has 1 saturated heterocycles. The average Bonchev–Trinajstić information content (AvgIpc) is 3.20. The zero-order valence-electron chi connectivity index (χ0n) is 14.5. The van der Waals surface area contributed by atoms with Crippen molar-refractivity contribution >= 4 is 0 Å². The quantitative estimate of drug-likeness (QED) is 0.760. The van der Waals surface area contributed by atoms with Crippen molar-refractivity contribution in [3.8, 4) is 0 Å². The number of imidazole rings is 1. The van der Waals surface area contributed by atoms with E-state index in [9.17, 15) is 0 Å². The molecule has 1 fully saturated rings. The Labute approximate surface area is 142 Å². The zero-order valence-corrected chi connectivity index (χ0v) is 14.5. The van der Waals surface area contributed by atoms with E-state index < -0.39 is 0 Å². The largest absolute Gasteiger partial charge is 0.395 e. The van der Waals surface area contributed by atoms with Gasteiger partial charge in [0.2, 0.25) is 0 Å². The molecule has 0 bridgehead atoms. The fraction of sp³-hybridized carbons (Fsp3) is 0.688. The zero-order chi connectivity index (χ0) is 16.9. The number of rotatable bonds is 7. The van der Waals surface area contributed by atoms with Crippen LogP contribution >= 0.6 is 0 Å². The maximum absolute atomic E-state index is 9.01. The van der Waals surface area contributed by atoms with Crippen molar-refractivity contribution in [2.75, 3.05) is 33.3 Å². The molecule has 0 aliphatic carbocycles. The highest BCUT2D eigenvalue weighted by molar-refractivity contribution is 5.03. The van der Waals surface area contributed by atoms with Crippen molar-refractivity contribution in [2.45, 2.75) is 31.8 Å². The minimum Gasteiger partial charge on any atom is -0.395 e. The van der Waals surface area contributed by atoms with Gasteiger partial charge in [0.25, 0.3) is 0 Å². The predicted molar refractivity (Wildman–Crippen MR) is 90.3 cm³/mol. The molecule has 0 spiro atoms. The van der Waals surface area contributed by atoms with Gasteiger partial charge in [-0.2, -0.15) is 0 Å². The summed E-state index contributed by atoms with van der Waals surface area (Å²) in [5.41, 5.74) is 0. The fourth-order valence-corrected chi connectivity index (χ4v) is 3.31. The lowest BCUT2D eigenvalue weighted by molar-refractivity contribution is 0.196. The molecule has 132 valence electrons. The molecule has 0 atom stereocenters. The van der Waals surface area contributed by atoms with Gasteiger partial charge in [0.15, 0.2) is 0 Å². The monoisotopic (exact) mass is 333 g/mol. The van der Waals surface area contributed by atoms with Crippen molar-refractivity contribution < 1.29 is 5.11 Å². The molecule has 8 heteroatoms. The molecule has 0 amide bonds. The van der Waals surface area contributed by atoms with Gasteiger partial charge in [-0.1, -0.05) is 0 Å². The topological polar surface area (TPSA) is 86.1 Å². The van der Waals surface area contributed by atoms with Crippen LogP contribution in [0.15, 0.2) is 12.4 Å². The first kappa shape index (κ1) is 17.1. The van der Waals surface area contributed by atoms with Crippen LogP contribution in [0, 0.1) is 0 Å². The van der Waals surface area contributed by atoms with Crippen LogP contribution in [0.4, 0.5) is 0 Å². The molecule has 24 heavy (non-hydrogen) atoms. The first-order valence-corrected chi connectivity index (χ1v) is 8.55. The molecular weight excluding hydrogens is 306 g/mol. The molecule has 2 N–H and O–H groups in total. The molecule has 1 aliphatic rings. The highest BCUT2D eigenvalue weighted by Gasteiger charge is 2.25. The summed E-state index contributed by atoms with van der Waals surface area (Å²) in [5.74, 6) is 3.53. The number of nitrogens with one attached hydrogen (secondary N) is 1. The van der Waals surface area contributed by atoms with Crippen LogP contribution in [0.25, 0.3) is 0 Å². The number of aromatic amines is 1. The van der Waals surface area contributed by atoms with Crippen LogP contribution in [-0.2, 0) is 20.1 Å². The minimum absolute atomic E-state index is 0.162. The summed E-state index contributed by atoms with van der Waals surface area (Å²) in [5, 5.41) is 17.8. The summed E-state index contributed by atoms with van der Waals surface area (Å²) in [6.07, 6.45) is 5.87. The predicted octanol–water partition coefficient (Wildman–Crippen LogP) is 0.342. The third-order valence-electron chi connectivity index (χ3n) is 4.77. The van der Waals surface area contributed by atoms with Gasteiger partial charge in [0.05, 0.1) is 19.7 Å². The van der Waals surface area contributed by atoms with Crippen LogP contribution in [0.1, 0.15) is 36.2 Å². The molecule has 2 aromatic heterocycles. The van der Waals surface area contributed by atoms with Crippen LogP contribution in [0.3, 0.4) is 0 Å². The number of hydrogen-bond donors (Lipinski definition) is 2. The van der Waals surface area contributed by atoms with Crippen LogP contribution < -0.4 is 0 Å². The van der Waals surface area contributed by atoms with E-state index in [1.54, 1.807) is 6.20 Å². The molecule has 1 aliphatic heterocycles. The summed E-state index contributed by atoms with van der Waals surface area (Å²) in [4.78, 5) is 12.0. The van der Waals surface area contributed by atoms with Crippen molar-refractivity contribution in [1.29, 1.82) is 0 Å². The lowest BCUT2D eigenvalue weighted by Crippen LogP contribution is -2.33. The van der Waals surface area contributed by atoms with Crippen molar-refractivity contribution in [3.63, 3.8) is 0 Å². The van der Waals surface area contributed by atoms with E-state index in [-0.39, 0.29) is 6.61 Å². The summed E-state index contributed by atoms with van der Waals surface area (Å²) in [6, 6.07) is 0. The Hall–Kier alpha value is -1.77. The van der Waals surface area contributed by atoms with Crippen molar-refractivity contribution in [2.24, 2.45) is 7.05 Å². The standard InChI is InChI=1S/C16H27N7O/c1-21(9-10-24)12-15-19-20-16(22(15)2)13-3-7-23(8-4-13)11-14-17-5-6-18-14/h5-6,13,24H,3-4,7-12H2,1-2H3,(H,17,18). The van der Waals surface area contributed by atoms with E-state index in [2.05, 4.69) is 34.5 Å². The number of aliphatic hydroxyl groups is 1. The lowest BCUT2D eigenvalue weighted by atomic mass is 9.96. The molecule has 0 unspecified atom stereocenters. The molecule has 0 aromatic carbocycles. The summed E-state index contributed by atoms with van der Waals surface area (Å²) in [6.45, 7) is 4.51. The Balaban J connectivity index is 1.55. The van der Waals surface area contributed by atoms with E-state index in [1.807, 2.05) is 20.3 Å². The average molecular weight is 333 g/mol. The van der Waals surface area contributed by atoms with E-state index in [0.29, 0.717) is 19.0 Å². The summed E-state index contributed by atoms with van der Waals surface area (Å²) < 4.78 is 2.13. The van der Waals surface area contributed by atoms with E-state index in [1.165, 1.54) is 0 Å². The SMILES string of the molecule is CN(CCO)Cc1nnc(C2CCN(Cc3ncc[nH]3)CC2)n1C. The van der Waals surface area contributed by atoms with Gasteiger partial charge in [0.1, 0.15) is 17.5 Å². The summed E-state index contributed by atoms with van der Waals surface area (Å²) in [7, 11) is 4.03. The maximum Gasteiger partial charge on any atom is 0.146 e. The van der Waals surface area contributed by atoms with Gasteiger partial charge in [-0.3, -0.25) is 9.80 Å². The smallest absolute Gasteiger partial charge is 0.146 e. The second-order valence-electron chi connectivity index (χ2n) is 6.58. The fourth-order valence-electron chi connectivity index (χ4n) is 3.31.